The summed E-state index contributed by atoms with van der Waals surface area (Å²) in [7, 11) is 1.54. The van der Waals surface area contributed by atoms with Crippen molar-refractivity contribution in [1.82, 2.24) is 0 Å². The number of nitrogens with one attached hydrogen (secondary N) is 1. The van der Waals surface area contributed by atoms with Gasteiger partial charge in [-0.1, -0.05) is 0 Å². The molecular weight excluding hydrogens is 471 g/mol. The van der Waals surface area contributed by atoms with Crippen molar-refractivity contribution in [2.24, 2.45) is 5.92 Å². The molecule has 1 aliphatic heterocycles. The van der Waals surface area contributed by atoms with Crippen LogP contribution in [0.15, 0.2) is 45.3 Å². The van der Waals surface area contributed by atoms with Gasteiger partial charge in [-0.15, -0.1) is 0 Å². The van der Waals surface area contributed by atoms with Crippen LogP contribution < -0.4 is 15.0 Å². The maximum Gasteiger partial charge on any atom is 0.229 e. The molecule has 1 heterocycles. The van der Waals surface area contributed by atoms with Gasteiger partial charge in [0.2, 0.25) is 11.8 Å². The molecule has 1 atom stereocenters. The molecule has 0 saturated carbocycles. The average Bonchev–Trinajstić information content (AvgIpc) is 3.00. The Labute approximate surface area is 166 Å². The van der Waals surface area contributed by atoms with E-state index >= 15 is 0 Å². The normalized spacial score (nSPS) is 16.7. The molecule has 3 rings (SSSR count). The summed E-state index contributed by atoms with van der Waals surface area (Å²) in [4.78, 5) is 26.4. The quantitative estimate of drug-likeness (QED) is 0.700. The van der Waals surface area contributed by atoms with Crippen LogP contribution in [-0.2, 0) is 9.59 Å². The largest absolute Gasteiger partial charge is 0.495 e. The van der Waals surface area contributed by atoms with E-state index in [0.29, 0.717) is 21.6 Å². The van der Waals surface area contributed by atoms with Gasteiger partial charge in [0.1, 0.15) is 11.6 Å². The molecule has 0 aliphatic carbocycles. The minimum Gasteiger partial charge on any atom is -0.495 e. The molecule has 1 fully saturated rings. The molecule has 2 aromatic rings. The highest BCUT2D eigenvalue weighted by Crippen LogP contribution is 2.35. The van der Waals surface area contributed by atoms with Crippen molar-refractivity contribution in [3.63, 3.8) is 0 Å². The summed E-state index contributed by atoms with van der Waals surface area (Å²) in [5, 5.41) is 2.83. The van der Waals surface area contributed by atoms with Gasteiger partial charge in [0.25, 0.3) is 0 Å². The summed E-state index contributed by atoms with van der Waals surface area (Å²) in [6, 6.07) is 9.12. The molecule has 5 nitrogen and oxygen atoms in total. The second kappa shape index (κ2) is 7.75. The molecule has 0 radical (unpaired) electrons. The molecule has 0 bridgehead atoms. The highest BCUT2D eigenvalue weighted by molar-refractivity contribution is 9.11. The molecule has 2 aromatic carbocycles. The summed E-state index contributed by atoms with van der Waals surface area (Å²) in [5.41, 5.74) is 1.14. The second-order valence-corrected chi connectivity index (χ2v) is 7.55. The Morgan fingerprint density at radius 3 is 2.58 bits per heavy atom. The predicted molar refractivity (Wildman–Crippen MR) is 104 cm³/mol. The second-order valence-electron chi connectivity index (χ2n) is 5.84. The van der Waals surface area contributed by atoms with Gasteiger partial charge in [-0.2, -0.15) is 0 Å². The predicted octanol–water partition coefficient (Wildman–Crippen LogP) is 4.35. The maximum absolute atomic E-state index is 13.1. The van der Waals surface area contributed by atoms with Crippen molar-refractivity contribution < 1.29 is 18.7 Å². The molecular formula is C18H15Br2FN2O3. The van der Waals surface area contributed by atoms with E-state index in [1.807, 2.05) is 0 Å². The number of nitrogens with zero attached hydrogens (tertiary/aromatic N) is 1. The van der Waals surface area contributed by atoms with Gasteiger partial charge in [0.15, 0.2) is 0 Å². The van der Waals surface area contributed by atoms with Gasteiger partial charge in [0.05, 0.1) is 23.2 Å². The number of ether oxygens (including phenoxy) is 1. The standard InChI is InChI=1S/C18H15Br2FN2O3/c1-26-16-8-15(13(19)7-14(16)20)22-18(25)10-6-17(24)23(9-10)12-4-2-11(21)3-5-12/h2-5,7-8,10H,6,9H2,1H3,(H,22,25). The third kappa shape index (κ3) is 3.91. The molecule has 1 N–H and O–H groups in total. The Hall–Kier alpha value is -1.93. The van der Waals surface area contributed by atoms with Crippen LogP contribution in [0.4, 0.5) is 15.8 Å². The van der Waals surface area contributed by atoms with Crippen molar-refractivity contribution >= 4 is 55.0 Å². The first-order valence-electron chi connectivity index (χ1n) is 7.79. The Morgan fingerprint density at radius 1 is 1.23 bits per heavy atom. The van der Waals surface area contributed by atoms with Crippen LogP contribution >= 0.6 is 31.9 Å². The Bertz CT molecular complexity index is 858. The van der Waals surface area contributed by atoms with E-state index in [1.165, 1.54) is 36.3 Å². The van der Waals surface area contributed by atoms with E-state index in [2.05, 4.69) is 37.2 Å². The first-order valence-corrected chi connectivity index (χ1v) is 9.37. The number of hydrogen-bond donors (Lipinski definition) is 1. The monoisotopic (exact) mass is 484 g/mol. The molecule has 1 unspecified atom stereocenters. The number of amides is 2. The first kappa shape index (κ1) is 18.8. The fraction of sp³-hybridized carbons (Fsp3) is 0.222. The maximum atomic E-state index is 13.1. The minimum atomic E-state index is -0.492. The fourth-order valence-electron chi connectivity index (χ4n) is 2.77. The third-order valence-electron chi connectivity index (χ3n) is 4.13. The topological polar surface area (TPSA) is 58.6 Å². The number of methoxy groups -OCH3 is 1. The van der Waals surface area contributed by atoms with Crippen LogP contribution in [0.3, 0.4) is 0 Å². The zero-order valence-corrected chi connectivity index (χ0v) is 16.9. The molecule has 1 saturated heterocycles. The minimum absolute atomic E-state index is 0.106. The molecule has 1 aliphatic rings. The van der Waals surface area contributed by atoms with Crippen molar-refractivity contribution in [3.05, 3.63) is 51.2 Å². The lowest BCUT2D eigenvalue weighted by molar-refractivity contribution is -0.122. The lowest BCUT2D eigenvalue weighted by atomic mass is 10.1. The summed E-state index contributed by atoms with van der Waals surface area (Å²) < 4.78 is 19.7. The van der Waals surface area contributed by atoms with Gasteiger partial charge in [-0.3, -0.25) is 9.59 Å². The smallest absolute Gasteiger partial charge is 0.229 e. The van der Waals surface area contributed by atoms with Crippen LogP contribution in [-0.4, -0.2) is 25.5 Å². The average molecular weight is 486 g/mol. The van der Waals surface area contributed by atoms with E-state index in [0.717, 1.165) is 4.47 Å². The highest BCUT2D eigenvalue weighted by atomic mass is 79.9. The van der Waals surface area contributed by atoms with Crippen LogP contribution in [0.1, 0.15) is 6.42 Å². The Kier molecular flexibility index (Phi) is 5.62. The van der Waals surface area contributed by atoms with Crippen molar-refractivity contribution in [3.8, 4) is 5.75 Å². The molecule has 0 spiro atoms. The van der Waals surface area contributed by atoms with E-state index < -0.39 is 5.92 Å². The van der Waals surface area contributed by atoms with Gasteiger partial charge in [-0.05, 0) is 62.2 Å². The van der Waals surface area contributed by atoms with Crippen molar-refractivity contribution in [1.29, 1.82) is 0 Å². The summed E-state index contributed by atoms with van der Waals surface area (Å²) in [6.45, 7) is 0.252. The molecule has 2 amide bonds. The van der Waals surface area contributed by atoms with Gasteiger partial charge in [-0.25, -0.2) is 4.39 Å². The van der Waals surface area contributed by atoms with E-state index in [9.17, 15) is 14.0 Å². The zero-order chi connectivity index (χ0) is 18.8. The number of halogens is 3. The van der Waals surface area contributed by atoms with Crippen molar-refractivity contribution in [2.75, 3.05) is 23.9 Å². The lowest BCUT2D eigenvalue weighted by Gasteiger charge is -2.17. The van der Waals surface area contributed by atoms with Crippen LogP contribution in [0, 0.1) is 11.7 Å². The number of carbonyl (C=O) groups is 2. The highest BCUT2D eigenvalue weighted by Gasteiger charge is 2.35. The molecule has 26 heavy (non-hydrogen) atoms. The summed E-state index contributed by atoms with van der Waals surface area (Å²) >= 11 is 6.78. The lowest BCUT2D eigenvalue weighted by Crippen LogP contribution is -2.28. The summed E-state index contributed by atoms with van der Waals surface area (Å²) in [6.07, 6.45) is 0.106. The number of anilines is 2. The van der Waals surface area contributed by atoms with E-state index in [4.69, 9.17) is 4.74 Å². The Balaban J connectivity index is 1.73. The SMILES string of the molecule is COc1cc(NC(=O)C2CC(=O)N(c3ccc(F)cc3)C2)c(Br)cc1Br. The van der Waals surface area contributed by atoms with Crippen molar-refractivity contribution in [2.45, 2.75) is 6.42 Å². The summed E-state index contributed by atoms with van der Waals surface area (Å²) in [5.74, 6) is -0.700. The first-order chi connectivity index (χ1) is 12.4. The molecule has 0 aromatic heterocycles. The van der Waals surface area contributed by atoms with E-state index in [1.54, 1.807) is 12.1 Å². The van der Waals surface area contributed by atoms with Gasteiger partial charge >= 0.3 is 0 Å². The van der Waals surface area contributed by atoms with Crippen LogP contribution in [0.2, 0.25) is 0 Å². The van der Waals surface area contributed by atoms with Gasteiger partial charge < -0.3 is 15.0 Å². The Morgan fingerprint density at radius 2 is 1.92 bits per heavy atom. The van der Waals surface area contributed by atoms with Gasteiger partial charge in [0, 0.05) is 29.2 Å². The fourth-order valence-corrected chi connectivity index (χ4v) is 4.02. The van der Waals surface area contributed by atoms with Crippen LogP contribution in [0.5, 0.6) is 5.75 Å². The molecule has 8 heteroatoms. The number of rotatable bonds is 4. The van der Waals surface area contributed by atoms with Crippen LogP contribution in [0.25, 0.3) is 0 Å². The number of hydrogen-bond acceptors (Lipinski definition) is 3. The zero-order valence-electron chi connectivity index (χ0n) is 13.8. The number of benzene rings is 2. The van der Waals surface area contributed by atoms with E-state index in [-0.39, 0.29) is 30.6 Å². The molecule has 136 valence electrons. The third-order valence-corrected chi connectivity index (χ3v) is 5.41. The number of carbonyl (C=O) groups excluding carboxylic acids is 2.